The number of aromatic nitrogens is 1. The molecule has 0 saturated carbocycles. The molecule has 0 bridgehead atoms. The Hall–Kier alpha value is -2.20. The van der Waals surface area contributed by atoms with Crippen LogP contribution in [0.3, 0.4) is 0 Å². The van der Waals surface area contributed by atoms with E-state index in [1.54, 1.807) is 11.3 Å². The topological polar surface area (TPSA) is 33.2 Å². The number of fused-ring (bicyclic) bond motifs is 1. The SMILES string of the molecule is O=C(Cc1ccsc1)N1CCC[C@H](c2cc3ccccc3cn2)C1. The van der Waals surface area contributed by atoms with Crippen LogP contribution >= 0.6 is 11.3 Å². The maximum Gasteiger partial charge on any atom is 0.227 e. The third kappa shape index (κ3) is 3.20. The van der Waals surface area contributed by atoms with Crippen LogP contribution in [0.25, 0.3) is 10.8 Å². The zero-order valence-electron chi connectivity index (χ0n) is 13.5. The van der Waals surface area contributed by atoms with Crippen LogP contribution < -0.4 is 0 Å². The average Bonchev–Trinajstić information content (AvgIpc) is 3.14. The zero-order chi connectivity index (χ0) is 16.4. The highest BCUT2D eigenvalue weighted by Crippen LogP contribution is 2.28. The number of nitrogens with zero attached hydrogens (tertiary/aromatic N) is 2. The number of likely N-dealkylation sites (tertiary alicyclic amines) is 1. The Morgan fingerprint density at radius 3 is 2.96 bits per heavy atom. The third-order valence-corrected chi connectivity index (χ3v) is 5.51. The highest BCUT2D eigenvalue weighted by molar-refractivity contribution is 7.08. The number of carbonyl (C=O) groups excluding carboxylic acids is 1. The monoisotopic (exact) mass is 336 g/mol. The molecule has 0 spiro atoms. The predicted molar refractivity (Wildman–Crippen MR) is 98.3 cm³/mol. The Morgan fingerprint density at radius 1 is 1.25 bits per heavy atom. The minimum Gasteiger partial charge on any atom is -0.342 e. The Bertz CT molecular complexity index is 844. The van der Waals surface area contributed by atoms with E-state index in [1.807, 2.05) is 28.6 Å². The van der Waals surface area contributed by atoms with E-state index in [4.69, 9.17) is 0 Å². The number of carbonyl (C=O) groups is 1. The van der Waals surface area contributed by atoms with Crippen molar-refractivity contribution in [1.29, 1.82) is 0 Å². The van der Waals surface area contributed by atoms with Gasteiger partial charge in [0.25, 0.3) is 0 Å². The Balaban J connectivity index is 1.50. The molecule has 4 rings (SSSR count). The molecular formula is C20H20N2OS. The lowest BCUT2D eigenvalue weighted by Gasteiger charge is -2.32. The summed E-state index contributed by atoms with van der Waals surface area (Å²) in [4.78, 5) is 19.2. The summed E-state index contributed by atoms with van der Waals surface area (Å²) in [6.45, 7) is 1.65. The van der Waals surface area contributed by atoms with Crippen molar-refractivity contribution in [3.8, 4) is 0 Å². The first-order chi connectivity index (χ1) is 11.8. The summed E-state index contributed by atoms with van der Waals surface area (Å²) >= 11 is 1.65. The van der Waals surface area contributed by atoms with E-state index in [-0.39, 0.29) is 5.91 Å². The number of pyridine rings is 1. The Labute approximate surface area is 146 Å². The van der Waals surface area contributed by atoms with E-state index in [2.05, 4.69) is 34.6 Å². The van der Waals surface area contributed by atoms with Gasteiger partial charge in [-0.25, -0.2) is 0 Å². The van der Waals surface area contributed by atoms with E-state index < -0.39 is 0 Å². The smallest absolute Gasteiger partial charge is 0.227 e. The Kier molecular flexibility index (Phi) is 4.30. The van der Waals surface area contributed by atoms with Gasteiger partial charge in [0.1, 0.15) is 0 Å². The minimum atomic E-state index is 0.235. The Morgan fingerprint density at radius 2 is 2.12 bits per heavy atom. The summed E-state index contributed by atoms with van der Waals surface area (Å²) < 4.78 is 0. The second-order valence-corrected chi connectivity index (χ2v) is 7.22. The number of hydrogen-bond acceptors (Lipinski definition) is 3. The van der Waals surface area contributed by atoms with Crippen molar-refractivity contribution in [2.45, 2.75) is 25.2 Å². The molecule has 122 valence electrons. The molecule has 24 heavy (non-hydrogen) atoms. The van der Waals surface area contributed by atoms with Crippen LogP contribution in [0.5, 0.6) is 0 Å². The zero-order valence-corrected chi connectivity index (χ0v) is 14.3. The fraction of sp³-hybridized carbons (Fsp3) is 0.300. The lowest BCUT2D eigenvalue weighted by atomic mass is 9.93. The molecule has 3 nitrogen and oxygen atoms in total. The quantitative estimate of drug-likeness (QED) is 0.716. The molecule has 0 N–H and O–H groups in total. The molecule has 0 radical (unpaired) electrons. The molecule has 0 aliphatic carbocycles. The summed E-state index contributed by atoms with van der Waals surface area (Å²) in [6, 6.07) is 12.5. The first kappa shape index (κ1) is 15.3. The second-order valence-electron chi connectivity index (χ2n) is 6.44. The van der Waals surface area contributed by atoms with Crippen molar-refractivity contribution in [1.82, 2.24) is 9.88 Å². The number of hydrogen-bond donors (Lipinski definition) is 0. The van der Waals surface area contributed by atoms with Crippen LogP contribution in [0.4, 0.5) is 0 Å². The third-order valence-electron chi connectivity index (χ3n) is 4.78. The van der Waals surface area contributed by atoms with Crippen molar-refractivity contribution in [2.24, 2.45) is 0 Å². The molecule has 1 aliphatic rings. The molecule has 3 heterocycles. The standard InChI is InChI=1S/C20H20N2OS/c23-20(10-15-7-9-24-14-15)22-8-3-6-18(13-22)19-11-16-4-1-2-5-17(16)12-21-19/h1-2,4-5,7,9,11-12,14,18H,3,6,8,10,13H2/t18-/m0/s1. The number of benzene rings is 1. The van der Waals surface area contributed by atoms with Crippen molar-refractivity contribution >= 4 is 28.0 Å². The van der Waals surface area contributed by atoms with Gasteiger partial charge in [0.15, 0.2) is 0 Å². The van der Waals surface area contributed by atoms with Crippen molar-refractivity contribution in [3.05, 3.63) is 64.6 Å². The molecule has 1 saturated heterocycles. The molecule has 1 amide bonds. The highest BCUT2D eigenvalue weighted by Gasteiger charge is 2.25. The van der Waals surface area contributed by atoms with Crippen molar-refractivity contribution in [2.75, 3.05) is 13.1 Å². The molecule has 2 aromatic heterocycles. The van der Waals surface area contributed by atoms with Gasteiger partial charge in [-0.1, -0.05) is 24.3 Å². The molecular weight excluding hydrogens is 316 g/mol. The first-order valence-electron chi connectivity index (χ1n) is 8.43. The fourth-order valence-electron chi connectivity index (χ4n) is 3.45. The summed E-state index contributed by atoms with van der Waals surface area (Å²) in [5, 5.41) is 6.48. The molecule has 1 aromatic carbocycles. The summed E-state index contributed by atoms with van der Waals surface area (Å²) in [7, 11) is 0. The van der Waals surface area contributed by atoms with Gasteiger partial charge >= 0.3 is 0 Å². The van der Waals surface area contributed by atoms with Crippen LogP contribution in [0, 0.1) is 0 Å². The maximum absolute atomic E-state index is 12.6. The highest BCUT2D eigenvalue weighted by atomic mass is 32.1. The number of thiophene rings is 1. The fourth-order valence-corrected chi connectivity index (χ4v) is 4.12. The number of piperidine rings is 1. The van der Waals surface area contributed by atoms with Crippen LogP contribution in [-0.2, 0) is 11.2 Å². The van der Waals surface area contributed by atoms with Crippen molar-refractivity contribution in [3.63, 3.8) is 0 Å². The van der Waals surface area contributed by atoms with E-state index in [9.17, 15) is 4.79 Å². The van der Waals surface area contributed by atoms with Gasteiger partial charge in [-0.05, 0) is 46.7 Å². The van der Waals surface area contributed by atoms with E-state index in [1.165, 1.54) is 10.8 Å². The van der Waals surface area contributed by atoms with Gasteiger partial charge < -0.3 is 4.90 Å². The molecule has 1 aliphatic heterocycles. The molecule has 3 aromatic rings. The predicted octanol–water partition coefficient (Wildman–Crippen LogP) is 4.25. The van der Waals surface area contributed by atoms with E-state index >= 15 is 0 Å². The second kappa shape index (κ2) is 6.73. The van der Waals surface area contributed by atoms with Gasteiger partial charge in [0.05, 0.1) is 6.42 Å². The minimum absolute atomic E-state index is 0.235. The van der Waals surface area contributed by atoms with Crippen LogP contribution in [0.15, 0.2) is 53.4 Å². The summed E-state index contributed by atoms with van der Waals surface area (Å²) in [5.41, 5.74) is 2.23. The van der Waals surface area contributed by atoms with Crippen LogP contribution in [0.2, 0.25) is 0 Å². The average molecular weight is 336 g/mol. The van der Waals surface area contributed by atoms with E-state index in [0.29, 0.717) is 12.3 Å². The number of rotatable bonds is 3. The molecule has 0 unspecified atom stereocenters. The van der Waals surface area contributed by atoms with Crippen LogP contribution in [-0.4, -0.2) is 28.9 Å². The van der Waals surface area contributed by atoms with E-state index in [0.717, 1.165) is 37.2 Å². The largest absolute Gasteiger partial charge is 0.342 e. The molecule has 1 atom stereocenters. The van der Waals surface area contributed by atoms with Gasteiger partial charge in [-0.3, -0.25) is 9.78 Å². The summed E-state index contributed by atoms with van der Waals surface area (Å²) in [6.07, 6.45) is 4.63. The normalized spacial score (nSPS) is 18.0. The molecule has 4 heteroatoms. The van der Waals surface area contributed by atoms with Gasteiger partial charge in [0.2, 0.25) is 5.91 Å². The maximum atomic E-state index is 12.6. The van der Waals surface area contributed by atoms with Crippen molar-refractivity contribution < 1.29 is 4.79 Å². The van der Waals surface area contributed by atoms with Gasteiger partial charge in [0, 0.05) is 36.3 Å². The summed E-state index contributed by atoms with van der Waals surface area (Å²) in [5.74, 6) is 0.577. The molecule has 1 fully saturated rings. The lowest BCUT2D eigenvalue weighted by molar-refractivity contribution is -0.131. The van der Waals surface area contributed by atoms with Crippen LogP contribution in [0.1, 0.15) is 30.0 Å². The number of amides is 1. The lowest BCUT2D eigenvalue weighted by Crippen LogP contribution is -2.40. The van der Waals surface area contributed by atoms with Gasteiger partial charge in [-0.15, -0.1) is 0 Å². The first-order valence-corrected chi connectivity index (χ1v) is 9.37. The van der Waals surface area contributed by atoms with Gasteiger partial charge in [-0.2, -0.15) is 11.3 Å².